The molecule has 1 fully saturated rings. The van der Waals surface area contributed by atoms with E-state index in [1.807, 2.05) is 24.8 Å². The van der Waals surface area contributed by atoms with Crippen LogP contribution in [-0.2, 0) is 0 Å². The minimum Gasteiger partial charge on any atom is -0.365 e. The van der Waals surface area contributed by atoms with Crippen molar-refractivity contribution in [3.8, 4) is 6.07 Å². The van der Waals surface area contributed by atoms with Crippen molar-refractivity contribution in [1.82, 2.24) is 9.97 Å². The van der Waals surface area contributed by atoms with E-state index in [1.165, 1.54) is 12.3 Å². The van der Waals surface area contributed by atoms with Crippen LogP contribution in [0.1, 0.15) is 44.1 Å². The quantitative estimate of drug-likeness (QED) is 0.822. The standard InChI is InChI=1S/C20H22F3N5/c1-12(2)26-19-20(25-11-15(10-24)27-19)28-7-5-13(6-8-28)18(23)16-4-3-14(21)9-17(16)22/h3-4,9,11-13,18H,5-8H2,1-2H3,(H,26,27)/t18-/m0/s1. The fourth-order valence-corrected chi connectivity index (χ4v) is 3.42. The molecule has 1 aromatic carbocycles. The zero-order valence-electron chi connectivity index (χ0n) is 15.8. The number of hydrogen-bond acceptors (Lipinski definition) is 5. The Morgan fingerprint density at radius 1 is 1.25 bits per heavy atom. The van der Waals surface area contributed by atoms with Crippen LogP contribution in [-0.4, -0.2) is 29.1 Å². The summed E-state index contributed by atoms with van der Waals surface area (Å²) < 4.78 is 41.8. The predicted molar refractivity (Wildman–Crippen MR) is 101 cm³/mol. The average Bonchev–Trinajstić information content (AvgIpc) is 2.67. The van der Waals surface area contributed by atoms with Crippen LogP contribution < -0.4 is 10.2 Å². The molecule has 1 aliphatic heterocycles. The van der Waals surface area contributed by atoms with Gasteiger partial charge in [0.25, 0.3) is 0 Å². The zero-order chi connectivity index (χ0) is 20.3. The maximum absolute atomic E-state index is 14.8. The van der Waals surface area contributed by atoms with Crippen molar-refractivity contribution in [2.75, 3.05) is 23.3 Å². The molecule has 1 N–H and O–H groups in total. The van der Waals surface area contributed by atoms with Gasteiger partial charge in [-0.05, 0) is 38.7 Å². The molecule has 0 unspecified atom stereocenters. The van der Waals surface area contributed by atoms with Gasteiger partial charge in [-0.2, -0.15) is 5.26 Å². The number of anilines is 2. The highest BCUT2D eigenvalue weighted by Gasteiger charge is 2.31. The van der Waals surface area contributed by atoms with E-state index in [1.54, 1.807) is 0 Å². The number of hydrogen-bond donors (Lipinski definition) is 1. The van der Waals surface area contributed by atoms with Crippen LogP contribution in [0.25, 0.3) is 0 Å². The summed E-state index contributed by atoms with van der Waals surface area (Å²) in [5.41, 5.74) is 0.123. The fraction of sp³-hybridized carbons (Fsp3) is 0.450. The summed E-state index contributed by atoms with van der Waals surface area (Å²) in [7, 11) is 0. The third-order valence-corrected chi connectivity index (χ3v) is 4.81. The highest BCUT2D eigenvalue weighted by Crippen LogP contribution is 2.37. The lowest BCUT2D eigenvalue weighted by Gasteiger charge is -2.35. The molecule has 0 saturated carbocycles. The summed E-state index contributed by atoms with van der Waals surface area (Å²) in [5.74, 6) is -0.781. The van der Waals surface area contributed by atoms with Gasteiger partial charge in [0.2, 0.25) is 0 Å². The van der Waals surface area contributed by atoms with E-state index < -0.39 is 17.8 Å². The summed E-state index contributed by atoms with van der Waals surface area (Å²) in [6.45, 7) is 4.98. The minimum atomic E-state index is -1.48. The van der Waals surface area contributed by atoms with Gasteiger partial charge in [-0.15, -0.1) is 0 Å². The number of alkyl halides is 1. The number of aromatic nitrogens is 2. The van der Waals surface area contributed by atoms with Gasteiger partial charge in [0.15, 0.2) is 17.3 Å². The third kappa shape index (κ3) is 4.35. The summed E-state index contributed by atoms with van der Waals surface area (Å²) in [5, 5.41) is 12.2. The van der Waals surface area contributed by atoms with Crippen molar-refractivity contribution in [1.29, 1.82) is 5.26 Å². The maximum Gasteiger partial charge on any atom is 0.171 e. The van der Waals surface area contributed by atoms with Crippen molar-refractivity contribution in [3.63, 3.8) is 0 Å². The van der Waals surface area contributed by atoms with E-state index in [2.05, 4.69) is 15.3 Å². The van der Waals surface area contributed by atoms with Crippen molar-refractivity contribution >= 4 is 11.6 Å². The molecule has 2 aromatic rings. The Morgan fingerprint density at radius 2 is 1.96 bits per heavy atom. The lowest BCUT2D eigenvalue weighted by Crippen LogP contribution is -2.36. The highest BCUT2D eigenvalue weighted by atomic mass is 19.1. The van der Waals surface area contributed by atoms with Crippen molar-refractivity contribution in [2.24, 2.45) is 5.92 Å². The molecular formula is C20H22F3N5. The van der Waals surface area contributed by atoms with Gasteiger partial charge in [0, 0.05) is 30.8 Å². The Morgan fingerprint density at radius 3 is 2.57 bits per heavy atom. The monoisotopic (exact) mass is 389 g/mol. The molecular weight excluding hydrogens is 367 g/mol. The van der Waals surface area contributed by atoms with Gasteiger partial charge in [-0.25, -0.2) is 23.1 Å². The summed E-state index contributed by atoms with van der Waals surface area (Å²) in [6, 6.07) is 5.06. The Labute approximate surface area is 162 Å². The van der Waals surface area contributed by atoms with Gasteiger partial charge in [-0.1, -0.05) is 6.07 Å². The lowest BCUT2D eigenvalue weighted by molar-refractivity contribution is 0.193. The van der Waals surface area contributed by atoms with Crippen molar-refractivity contribution in [2.45, 2.75) is 38.9 Å². The molecule has 1 saturated heterocycles. The van der Waals surface area contributed by atoms with Crippen LogP contribution in [0.3, 0.4) is 0 Å². The molecule has 2 heterocycles. The maximum atomic E-state index is 14.8. The number of benzene rings is 1. The summed E-state index contributed by atoms with van der Waals surface area (Å²) >= 11 is 0. The van der Waals surface area contributed by atoms with Gasteiger partial charge in [0.1, 0.15) is 23.9 Å². The van der Waals surface area contributed by atoms with Crippen LogP contribution in [0.15, 0.2) is 24.4 Å². The van der Waals surface area contributed by atoms with Crippen molar-refractivity contribution in [3.05, 3.63) is 47.3 Å². The summed E-state index contributed by atoms with van der Waals surface area (Å²) in [6.07, 6.45) is 0.934. The molecule has 1 atom stereocenters. The van der Waals surface area contributed by atoms with Gasteiger partial charge in [0.05, 0.1) is 6.20 Å². The lowest BCUT2D eigenvalue weighted by atomic mass is 9.88. The second kappa shape index (κ2) is 8.46. The molecule has 0 spiro atoms. The van der Waals surface area contributed by atoms with Crippen LogP contribution in [0.5, 0.6) is 0 Å². The molecule has 1 aliphatic rings. The van der Waals surface area contributed by atoms with Gasteiger partial charge < -0.3 is 10.2 Å². The van der Waals surface area contributed by atoms with E-state index in [4.69, 9.17) is 5.26 Å². The first kappa shape index (κ1) is 19.9. The molecule has 0 aliphatic carbocycles. The number of piperidine rings is 1. The topological polar surface area (TPSA) is 64.8 Å². The van der Waals surface area contributed by atoms with Gasteiger partial charge in [-0.3, -0.25) is 0 Å². The predicted octanol–water partition coefficient (Wildman–Crippen LogP) is 4.37. The number of nitrogens with one attached hydrogen (secondary N) is 1. The van der Waals surface area contributed by atoms with Gasteiger partial charge >= 0.3 is 0 Å². The van der Waals surface area contributed by atoms with E-state index in [0.717, 1.165) is 6.07 Å². The zero-order valence-corrected chi connectivity index (χ0v) is 15.8. The van der Waals surface area contributed by atoms with Crippen LogP contribution in [0.2, 0.25) is 0 Å². The third-order valence-electron chi connectivity index (χ3n) is 4.81. The van der Waals surface area contributed by atoms with Crippen LogP contribution in [0, 0.1) is 28.9 Å². The Bertz CT molecular complexity index is 873. The molecule has 1 aromatic heterocycles. The summed E-state index contributed by atoms with van der Waals surface area (Å²) in [4.78, 5) is 10.6. The molecule has 5 nitrogen and oxygen atoms in total. The number of nitrogens with zero attached hydrogens (tertiary/aromatic N) is 4. The SMILES string of the molecule is CC(C)Nc1nc(C#N)cnc1N1CCC([C@H](F)c2ccc(F)cc2F)CC1. The minimum absolute atomic E-state index is 0.0971. The molecule has 8 heteroatoms. The first-order valence-corrected chi connectivity index (χ1v) is 9.26. The number of rotatable bonds is 5. The van der Waals surface area contributed by atoms with E-state index in [0.29, 0.717) is 43.6 Å². The van der Waals surface area contributed by atoms with E-state index in [-0.39, 0.29) is 23.2 Å². The van der Waals surface area contributed by atoms with E-state index in [9.17, 15) is 13.2 Å². The first-order chi connectivity index (χ1) is 13.4. The molecule has 3 rings (SSSR count). The smallest absolute Gasteiger partial charge is 0.171 e. The van der Waals surface area contributed by atoms with E-state index >= 15 is 0 Å². The Hall–Kier alpha value is -2.82. The average molecular weight is 389 g/mol. The largest absolute Gasteiger partial charge is 0.365 e. The second-order valence-electron chi connectivity index (χ2n) is 7.23. The van der Waals surface area contributed by atoms with Crippen LogP contribution in [0.4, 0.5) is 24.8 Å². The molecule has 0 radical (unpaired) electrons. The normalized spacial score (nSPS) is 16.1. The Kier molecular flexibility index (Phi) is 6.02. The number of halogens is 3. The second-order valence-corrected chi connectivity index (χ2v) is 7.23. The first-order valence-electron chi connectivity index (χ1n) is 9.26. The van der Waals surface area contributed by atoms with Crippen LogP contribution >= 0.6 is 0 Å². The molecule has 0 amide bonds. The van der Waals surface area contributed by atoms with Crippen molar-refractivity contribution < 1.29 is 13.2 Å². The fourth-order valence-electron chi connectivity index (χ4n) is 3.42. The Balaban J connectivity index is 1.72. The molecule has 0 bridgehead atoms. The molecule has 28 heavy (non-hydrogen) atoms. The molecule has 148 valence electrons. The highest BCUT2D eigenvalue weighted by molar-refractivity contribution is 5.62. The number of nitriles is 1.